The number of phenols is 1. The SMILES string of the molecule is [2H]Oc1c([2H])c([2H])c(Br)c([2H])c1[2H]. The van der Waals surface area contributed by atoms with Crippen molar-refractivity contribution in [1.29, 1.82) is 1.43 Å². The van der Waals surface area contributed by atoms with E-state index < -0.39 is 0 Å². The molecule has 0 aliphatic rings. The molecule has 0 aliphatic carbocycles. The van der Waals surface area contributed by atoms with E-state index in [2.05, 4.69) is 21.0 Å². The van der Waals surface area contributed by atoms with E-state index in [1.165, 1.54) is 0 Å². The second kappa shape index (κ2) is 2.18. The Bertz CT molecular complexity index is 324. The first-order valence-corrected chi connectivity index (χ1v) is 2.69. The van der Waals surface area contributed by atoms with Gasteiger partial charge in [-0.3, -0.25) is 0 Å². The number of hydrogen-bond donors (Lipinski definition) is 1. The van der Waals surface area contributed by atoms with Gasteiger partial charge in [-0.2, -0.15) is 0 Å². The van der Waals surface area contributed by atoms with Crippen molar-refractivity contribution in [3.63, 3.8) is 0 Å². The summed E-state index contributed by atoms with van der Waals surface area (Å²) in [4.78, 5) is 0. The Hall–Kier alpha value is -0.500. The van der Waals surface area contributed by atoms with Crippen LogP contribution in [0.1, 0.15) is 5.48 Å². The lowest BCUT2D eigenvalue weighted by Gasteiger charge is -1.87. The minimum atomic E-state index is -0.363. The van der Waals surface area contributed by atoms with Gasteiger partial charge in [0.15, 0.2) is 0 Å². The first kappa shape index (κ1) is 2.03. The Kier molecular flexibility index (Phi) is 0.552. The molecule has 0 aromatic heterocycles. The van der Waals surface area contributed by atoms with Crippen molar-refractivity contribution in [2.45, 2.75) is 0 Å². The van der Waals surface area contributed by atoms with E-state index in [0.717, 1.165) is 0 Å². The largest absolute Gasteiger partial charge is 0.508 e. The Morgan fingerprint density at radius 1 is 1.50 bits per heavy atom. The van der Waals surface area contributed by atoms with Gasteiger partial charge < -0.3 is 5.11 Å². The minimum Gasteiger partial charge on any atom is -0.508 e. The van der Waals surface area contributed by atoms with Crippen LogP contribution in [0.15, 0.2) is 28.6 Å². The number of benzene rings is 1. The van der Waals surface area contributed by atoms with Crippen molar-refractivity contribution < 1.29 is 10.6 Å². The molecule has 0 amide bonds. The molecule has 0 radical (unpaired) electrons. The van der Waals surface area contributed by atoms with Gasteiger partial charge in [0.25, 0.3) is 1.43 Å². The third-order valence-electron chi connectivity index (χ3n) is 0.572. The van der Waals surface area contributed by atoms with Crippen LogP contribution in [0.5, 0.6) is 5.75 Å². The smallest absolute Gasteiger partial charge is 0.293 e. The number of phenolic OH excluding ortho intramolecular Hbond substituents is 1. The first-order valence-electron chi connectivity index (χ1n) is 4.30. The highest BCUT2D eigenvalue weighted by atomic mass is 79.9. The van der Waals surface area contributed by atoms with Crippen LogP contribution in [0.3, 0.4) is 0 Å². The lowest BCUT2D eigenvalue weighted by atomic mass is 10.3. The molecule has 0 unspecified atom stereocenters. The fraction of sp³-hybridized carbons (Fsp3) is 0. The molecule has 0 saturated heterocycles. The molecule has 1 N–H and O–H groups in total. The maximum absolute atomic E-state index is 7.32. The van der Waals surface area contributed by atoms with Crippen molar-refractivity contribution in [3.8, 4) is 5.75 Å². The third kappa shape index (κ3) is 1.23. The molecule has 0 atom stereocenters. The molecular formula is C6H5BrO. The van der Waals surface area contributed by atoms with Crippen LogP contribution in [0.25, 0.3) is 0 Å². The Balaban J connectivity index is 3.56. The molecule has 1 aromatic rings. The van der Waals surface area contributed by atoms with Crippen LogP contribution >= 0.6 is 15.9 Å². The second-order valence-electron chi connectivity index (χ2n) is 1.14. The molecule has 2 heteroatoms. The molecule has 0 aliphatic heterocycles. The maximum atomic E-state index is 7.32. The second-order valence-corrected chi connectivity index (χ2v) is 1.94. The van der Waals surface area contributed by atoms with Crippen LogP contribution in [0.4, 0.5) is 0 Å². The van der Waals surface area contributed by atoms with Gasteiger partial charge in [0.1, 0.15) is 5.75 Å². The summed E-state index contributed by atoms with van der Waals surface area (Å²) < 4.78 is 35.9. The van der Waals surface area contributed by atoms with Gasteiger partial charge in [0.2, 0.25) is 0 Å². The quantitative estimate of drug-likeness (QED) is 0.698. The summed E-state index contributed by atoms with van der Waals surface area (Å²) in [5, 5.41) is 4.01. The summed E-state index contributed by atoms with van der Waals surface area (Å²) in [7, 11) is 0. The molecule has 1 aromatic carbocycles. The highest BCUT2D eigenvalue weighted by Gasteiger charge is 1.83. The van der Waals surface area contributed by atoms with E-state index in [4.69, 9.17) is 6.91 Å². The van der Waals surface area contributed by atoms with E-state index >= 15 is 0 Å². The zero-order chi connectivity index (χ0) is 10.2. The molecule has 0 fully saturated rings. The topological polar surface area (TPSA) is 20.2 Å². The summed E-state index contributed by atoms with van der Waals surface area (Å²) in [6.07, 6.45) is 0. The zero-order valence-corrected chi connectivity index (χ0v) is 5.37. The van der Waals surface area contributed by atoms with E-state index in [1.807, 2.05) is 0 Å². The van der Waals surface area contributed by atoms with Gasteiger partial charge in [-0.25, -0.2) is 0 Å². The fourth-order valence-electron chi connectivity index (χ4n) is 0.286. The predicted octanol–water partition coefficient (Wildman–Crippen LogP) is 2.15. The standard InChI is InChI=1S/C6H5BrO/c7-5-1-3-6(8)4-2-5/h1-4,8H/i1D,2D,3D,4D/hD. The number of aromatic hydroxyl groups is 1. The first-order chi connectivity index (χ1) is 6.00. The van der Waals surface area contributed by atoms with E-state index in [9.17, 15) is 0 Å². The summed E-state index contributed by atoms with van der Waals surface area (Å²) in [5.74, 6) is -0.363. The average molecular weight is 178 g/mol. The van der Waals surface area contributed by atoms with E-state index in [0.29, 0.717) is 0 Å². The van der Waals surface area contributed by atoms with Gasteiger partial charge in [-0.15, -0.1) is 0 Å². The van der Waals surface area contributed by atoms with Gasteiger partial charge in [0.05, 0.1) is 5.48 Å². The average Bonchev–Trinajstić information content (AvgIpc) is 2.13. The van der Waals surface area contributed by atoms with Crippen molar-refractivity contribution in [2.24, 2.45) is 0 Å². The molecular weight excluding hydrogens is 168 g/mol. The molecule has 0 bridgehead atoms. The molecule has 42 valence electrons. The maximum Gasteiger partial charge on any atom is 0.293 e. The van der Waals surface area contributed by atoms with Crippen LogP contribution in [0, 0.1) is 0 Å². The van der Waals surface area contributed by atoms with Crippen LogP contribution in [-0.2, 0) is 0 Å². The summed E-state index contributed by atoms with van der Waals surface area (Å²) >= 11 is 2.91. The summed E-state index contributed by atoms with van der Waals surface area (Å²) in [6.45, 7) is 0. The highest BCUT2D eigenvalue weighted by molar-refractivity contribution is 9.10. The lowest BCUT2D eigenvalue weighted by Crippen LogP contribution is -1.61. The Labute approximate surface area is 63.2 Å². The molecule has 0 heterocycles. The molecule has 1 rings (SSSR count). The molecule has 0 spiro atoms. The number of hydrogen-bond acceptors (Lipinski definition) is 1. The van der Waals surface area contributed by atoms with Gasteiger partial charge >= 0.3 is 0 Å². The normalized spacial score (nSPS) is 17.4. The van der Waals surface area contributed by atoms with Crippen molar-refractivity contribution in [2.75, 3.05) is 0 Å². The van der Waals surface area contributed by atoms with Crippen LogP contribution in [-0.4, -0.2) is 6.54 Å². The predicted molar refractivity (Wildman–Crippen MR) is 35.8 cm³/mol. The lowest BCUT2D eigenvalue weighted by molar-refractivity contribution is 0.475. The van der Waals surface area contributed by atoms with Gasteiger partial charge in [-0.05, 0) is 24.2 Å². The summed E-state index contributed by atoms with van der Waals surface area (Å²) in [6, 6.07) is -1.21. The van der Waals surface area contributed by atoms with E-state index in [1.54, 1.807) is 0 Å². The van der Waals surface area contributed by atoms with Crippen molar-refractivity contribution in [1.82, 2.24) is 0 Å². The van der Waals surface area contributed by atoms with Crippen molar-refractivity contribution >= 4 is 15.9 Å². The summed E-state index contributed by atoms with van der Waals surface area (Å²) in [5.41, 5.74) is 0. The Morgan fingerprint density at radius 2 is 2.12 bits per heavy atom. The zero-order valence-electron chi connectivity index (χ0n) is 8.79. The van der Waals surface area contributed by atoms with Crippen LogP contribution < -0.4 is 0 Å². The van der Waals surface area contributed by atoms with Gasteiger partial charge in [-0.1, -0.05) is 15.9 Å². The van der Waals surface area contributed by atoms with Crippen LogP contribution in [0.2, 0.25) is 0 Å². The minimum absolute atomic E-state index is 0.0725. The Morgan fingerprint density at radius 3 is 2.62 bits per heavy atom. The number of halogens is 1. The molecule has 0 saturated carbocycles. The van der Waals surface area contributed by atoms with E-state index in [-0.39, 0.29) is 34.4 Å². The number of rotatable bonds is 1. The third-order valence-corrected chi connectivity index (χ3v) is 0.968. The fourth-order valence-corrected chi connectivity index (χ4v) is 0.484. The van der Waals surface area contributed by atoms with Crippen molar-refractivity contribution in [3.05, 3.63) is 28.6 Å². The molecule has 8 heavy (non-hydrogen) atoms. The molecule has 1 nitrogen and oxygen atoms in total. The van der Waals surface area contributed by atoms with Gasteiger partial charge in [0, 0.05) is 4.47 Å². The monoisotopic (exact) mass is 177 g/mol. The highest BCUT2D eigenvalue weighted by Crippen LogP contribution is 2.13.